The van der Waals surface area contributed by atoms with E-state index in [-0.39, 0.29) is 0 Å². The number of thiazole rings is 1. The second-order valence-electron chi connectivity index (χ2n) is 3.97. The lowest BCUT2D eigenvalue weighted by Crippen LogP contribution is -2.31. The van der Waals surface area contributed by atoms with Crippen molar-refractivity contribution >= 4 is 16.5 Å². The van der Waals surface area contributed by atoms with Gasteiger partial charge in [-0.25, -0.2) is 4.57 Å². The third-order valence-corrected chi connectivity index (χ3v) is 3.90. The molecule has 1 aromatic carbocycles. The third-order valence-electron chi connectivity index (χ3n) is 2.92. The fraction of sp³-hybridized carbons (Fsp3) is 0.308. The molecule has 0 bridgehead atoms. The highest BCUT2D eigenvalue weighted by Crippen LogP contribution is 2.35. The number of hydrogen-bond donors (Lipinski definition) is 1. The van der Waals surface area contributed by atoms with Crippen molar-refractivity contribution in [2.45, 2.75) is 6.92 Å². The van der Waals surface area contributed by atoms with Crippen molar-refractivity contribution in [2.75, 3.05) is 20.0 Å². The molecule has 2 rings (SSSR count). The standard InChI is InChI=1S/C13H16N2O2S/c1-8-12(15(2)13(14)18-8)10-7-9(16-3)5-6-11(10)17-4/h5-7,14H,1-4H3/p+1. The lowest BCUT2D eigenvalue weighted by Gasteiger charge is -2.09. The zero-order chi connectivity index (χ0) is 13.3. The monoisotopic (exact) mass is 265 g/mol. The molecule has 0 aliphatic heterocycles. The topological polar surface area (TPSA) is 48.4 Å². The van der Waals surface area contributed by atoms with E-state index in [1.165, 1.54) is 0 Å². The molecule has 0 amide bonds. The van der Waals surface area contributed by atoms with Crippen LogP contribution in [0.1, 0.15) is 4.88 Å². The highest BCUT2D eigenvalue weighted by Gasteiger charge is 2.21. The largest absolute Gasteiger partial charge is 0.497 e. The van der Waals surface area contributed by atoms with Crippen LogP contribution in [0.4, 0.5) is 5.13 Å². The highest BCUT2D eigenvalue weighted by molar-refractivity contribution is 7.15. The molecule has 0 saturated carbocycles. The molecule has 2 N–H and O–H groups in total. The Kier molecular flexibility index (Phi) is 3.43. The first kappa shape index (κ1) is 12.7. The maximum absolute atomic E-state index is 5.95. The molecular formula is C13H17N2O2S+. The van der Waals surface area contributed by atoms with Gasteiger partial charge in [0, 0.05) is 0 Å². The molecule has 18 heavy (non-hydrogen) atoms. The Hall–Kier alpha value is -1.75. The van der Waals surface area contributed by atoms with Gasteiger partial charge in [-0.2, -0.15) is 0 Å². The maximum Gasteiger partial charge on any atom is 0.332 e. The minimum absolute atomic E-state index is 0.771. The molecule has 0 aliphatic rings. The first-order chi connectivity index (χ1) is 8.58. The molecule has 4 nitrogen and oxygen atoms in total. The first-order valence-corrected chi connectivity index (χ1v) is 6.37. The van der Waals surface area contributed by atoms with Crippen molar-refractivity contribution < 1.29 is 14.0 Å². The number of methoxy groups -OCH3 is 2. The molecule has 0 saturated heterocycles. The van der Waals surface area contributed by atoms with Crippen LogP contribution in [0.25, 0.3) is 11.3 Å². The number of nitrogens with two attached hydrogens (primary N) is 1. The van der Waals surface area contributed by atoms with E-state index in [9.17, 15) is 0 Å². The predicted octanol–water partition coefficient (Wildman–Crippen LogP) is 2.15. The van der Waals surface area contributed by atoms with E-state index in [4.69, 9.17) is 15.2 Å². The van der Waals surface area contributed by atoms with Crippen LogP contribution in [0.5, 0.6) is 11.5 Å². The quantitative estimate of drug-likeness (QED) is 0.865. The fourth-order valence-corrected chi connectivity index (χ4v) is 2.87. The number of nitrogen functional groups attached to an aromatic ring is 1. The minimum Gasteiger partial charge on any atom is -0.497 e. The summed E-state index contributed by atoms with van der Waals surface area (Å²) in [6.45, 7) is 2.05. The van der Waals surface area contributed by atoms with Crippen molar-refractivity contribution in [1.29, 1.82) is 0 Å². The van der Waals surface area contributed by atoms with Gasteiger partial charge < -0.3 is 9.47 Å². The molecule has 2 aromatic rings. The Bertz CT molecular complexity index is 579. The second-order valence-corrected chi connectivity index (χ2v) is 5.21. The molecule has 0 spiro atoms. The van der Waals surface area contributed by atoms with Gasteiger partial charge in [0.05, 0.1) is 31.7 Å². The molecule has 0 unspecified atom stereocenters. The van der Waals surface area contributed by atoms with E-state index < -0.39 is 0 Å². The van der Waals surface area contributed by atoms with Crippen molar-refractivity contribution in [3.8, 4) is 22.8 Å². The van der Waals surface area contributed by atoms with Gasteiger partial charge in [0.2, 0.25) is 0 Å². The predicted molar refractivity (Wildman–Crippen MR) is 73.2 cm³/mol. The second kappa shape index (κ2) is 4.86. The molecule has 0 atom stereocenters. The molecule has 0 fully saturated rings. The third kappa shape index (κ3) is 2.01. The SMILES string of the molecule is COc1ccc(OC)c(-c2c(C)sc(N)[n+]2C)c1. The summed E-state index contributed by atoms with van der Waals surface area (Å²) in [7, 11) is 5.27. The van der Waals surface area contributed by atoms with Gasteiger partial charge in [-0.05, 0) is 25.1 Å². The zero-order valence-corrected chi connectivity index (χ0v) is 11.8. The maximum atomic E-state index is 5.95. The van der Waals surface area contributed by atoms with Crippen LogP contribution < -0.4 is 19.8 Å². The van der Waals surface area contributed by atoms with Gasteiger partial charge in [0.1, 0.15) is 11.5 Å². The van der Waals surface area contributed by atoms with E-state index in [1.54, 1.807) is 25.6 Å². The fourth-order valence-electron chi connectivity index (χ4n) is 1.99. The summed E-state index contributed by atoms with van der Waals surface area (Å²) >= 11 is 1.57. The number of aryl methyl sites for hydroxylation is 1. The Morgan fingerprint density at radius 2 is 1.94 bits per heavy atom. The van der Waals surface area contributed by atoms with Crippen LogP contribution in [0.2, 0.25) is 0 Å². The molecule has 0 radical (unpaired) electrons. The van der Waals surface area contributed by atoms with Crippen LogP contribution in [0.15, 0.2) is 18.2 Å². The van der Waals surface area contributed by atoms with E-state index in [2.05, 4.69) is 6.92 Å². The summed E-state index contributed by atoms with van der Waals surface area (Å²) in [5.41, 5.74) is 8.00. The number of nitrogens with zero attached hydrogens (tertiary/aromatic N) is 1. The van der Waals surface area contributed by atoms with Crippen LogP contribution in [-0.4, -0.2) is 14.2 Å². The van der Waals surface area contributed by atoms with Crippen LogP contribution >= 0.6 is 11.3 Å². The van der Waals surface area contributed by atoms with Crippen molar-refractivity contribution in [2.24, 2.45) is 7.05 Å². The molecule has 0 aliphatic carbocycles. The molecule has 1 aromatic heterocycles. The Labute approximate surface area is 111 Å². The zero-order valence-electron chi connectivity index (χ0n) is 11.0. The molecule has 96 valence electrons. The average Bonchev–Trinajstić information content (AvgIpc) is 2.62. The van der Waals surface area contributed by atoms with E-state index >= 15 is 0 Å². The number of rotatable bonds is 3. The van der Waals surface area contributed by atoms with Crippen molar-refractivity contribution in [1.82, 2.24) is 0 Å². The number of hydrogen-bond acceptors (Lipinski definition) is 4. The summed E-state index contributed by atoms with van der Waals surface area (Å²) in [6.07, 6.45) is 0. The Morgan fingerprint density at radius 3 is 2.44 bits per heavy atom. The average molecular weight is 265 g/mol. The van der Waals surface area contributed by atoms with Gasteiger partial charge in [0.15, 0.2) is 5.69 Å². The summed E-state index contributed by atoms with van der Waals surface area (Å²) in [6, 6.07) is 5.75. The van der Waals surface area contributed by atoms with Gasteiger partial charge in [-0.15, -0.1) is 0 Å². The van der Waals surface area contributed by atoms with E-state index in [1.807, 2.05) is 29.8 Å². The Balaban J connectivity index is 2.68. The van der Waals surface area contributed by atoms with Crippen LogP contribution in [-0.2, 0) is 7.05 Å². The van der Waals surface area contributed by atoms with Crippen LogP contribution in [0.3, 0.4) is 0 Å². The van der Waals surface area contributed by atoms with Gasteiger partial charge in [-0.3, -0.25) is 5.73 Å². The number of aromatic nitrogens is 1. The van der Waals surface area contributed by atoms with Gasteiger partial charge in [0.25, 0.3) is 0 Å². The highest BCUT2D eigenvalue weighted by atomic mass is 32.1. The molecular weight excluding hydrogens is 248 g/mol. The first-order valence-electron chi connectivity index (χ1n) is 5.55. The summed E-state index contributed by atoms with van der Waals surface area (Å²) in [4.78, 5) is 1.15. The molecule has 1 heterocycles. The van der Waals surface area contributed by atoms with Crippen molar-refractivity contribution in [3.05, 3.63) is 23.1 Å². The minimum atomic E-state index is 0.771. The van der Waals surface area contributed by atoms with Crippen molar-refractivity contribution in [3.63, 3.8) is 0 Å². The summed E-state index contributed by atoms with van der Waals surface area (Å²) in [5, 5.41) is 0.771. The lowest BCUT2D eigenvalue weighted by molar-refractivity contribution is -0.641. The number of benzene rings is 1. The normalized spacial score (nSPS) is 10.4. The molecule has 5 heteroatoms. The smallest absolute Gasteiger partial charge is 0.332 e. The van der Waals surface area contributed by atoms with Crippen LogP contribution in [0, 0.1) is 6.92 Å². The summed E-state index contributed by atoms with van der Waals surface area (Å²) < 4.78 is 12.7. The Morgan fingerprint density at radius 1 is 1.22 bits per heavy atom. The van der Waals surface area contributed by atoms with Gasteiger partial charge in [-0.1, -0.05) is 11.3 Å². The lowest BCUT2D eigenvalue weighted by atomic mass is 10.1. The van der Waals surface area contributed by atoms with E-state index in [0.29, 0.717) is 0 Å². The number of ether oxygens (including phenoxy) is 2. The number of anilines is 1. The van der Waals surface area contributed by atoms with Gasteiger partial charge >= 0.3 is 5.13 Å². The van der Waals surface area contributed by atoms with E-state index in [0.717, 1.165) is 32.8 Å². The summed E-state index contributed by atoms with van der Waals surface area (Å²) in [5.74, 6) is 1.61.